The first-order valence-corrected chi connectivity index (χ1v) is 9.59. The second-order valence-corrected chi connectivity index (χ2v) is 6.95. The highest BCUT2D eigenvalue weighted by Gasteiger charge is 2.24. The molecule has 0 spiro atoms. The minimum atomic E-state index is 0. The summed E-state index contributed by atoms with van der Waals surface area (Å²) in [5.41, 5.74) is 2.54. The number of guanidine groups is 1. The third kappa shape index (κ3) is 6.72. The van der Waals surface area contributed by atoms with Crippen LogP contribution in [0.2, 0.25) is 0 Å². The van der Waals surface area contributed by atoms with E-state index < -0.39 is 0 Å². The molecule has 146 valence electrons. The fourth-order valence-corrected chi connectivity index (χ4v) is 3.57. The van der Waals surface area contributed by atoms with Crippen LogP contribution in [0.4, 0.5) is 0 Å². The second-order valence-electron chi connectivity index (χ2n) is 6.95. The average molecular weight is 479 g/mol. The highest BCUT2D eigenvalue weighted by molar-refractivity contribution is 14.0. The molecule has 0 saturated carbocycles. The monoisotopic (exact) mass is 479 g/mol. The molecule has 1 aliphatic heterocycles. The Hall–Kier alpha value is -1.76. The number of nitrogens with zero attached hydrogens (tertiary/aromatic N) is 2. The van der Waals surface area contributed by atoms with Crippen molar-refractivity contribution in [2.24, 2.45) is 10.9 Å². The Morgan fingerprint density at radius 2 is 1.93 bits per heavy atom. The van der Waals surface area contributed by atoms with Crippen LogP contribution in [0.5, 0.6) is 5.75 Å². The van der Waals surface area contributed by atoms with Gasteiger partial charge in [-0.3, -0.25) is 4.99 Å². The van der Waals surface area contributed by atoms with Crippen LogP contribution < -0.4 is 5.32 Å². The van der Waals surface area contributed by atoms with E-state index in [1.165, 1.54) is 12.0 Å². The molecule has 2 N–H and O–H groups in total. The molecule has 0 amide bonds. The number of halogens is 1. The number of hydrogen-bond donors (Lipinski definition) is 2. The topological polar surface area (TPSA) is 47.9 Å². The molecule has 1 heterocycles. The molecule has 0 radical (unpaired) electrons. The van der Waals surface area contributed by atoms with Crippen molar-refractivity contribution in [3.8, 4) is 5.75 Å². The molecule has 27 heavy (non-hydrogen) atoms. The zero-order valence-electron chi connectivity index (χ0n) is 16.0. The van der Waals surface area contributed by atoms with E-state index in [9.17, 15) is 5.11 Å². The number of phenolic OH excluding ortho intramolecular Hbond substituents is 1. The van der Waals surface area contributed by atoms with Gasteiger partial charge < -0.3 is 15.3 Å². The number of phenols is 1. The number of aromatic hydroxyl groups is 1. The highest BCUT2D eigenvalue weighted by atomic mass is 127. The zero-order chi connectivity index (χ0) is 18.2. The molecule has 1 unspecified atom stereocenters. The molecule has 0 bridgehead atoms. The van der Waals surface area contributed by atoms with Gasteiger partial charge in [0.2, 0.25) is 0 Å². The maximum atomic E-state index is 9.57. The maximum Gasteiger partial charge on any atom is 0.193 e. The molecule has 3 rings (SSSR count). The quantitative estimate of drug-likeness (QED) is 0.373. The molecular formula is C22H30IN3O. The van der Waals surface area contributed by atoms with Crippen LogP contribution in [0.1, 0.15) is 24.5 Å². The summed E-state index contributed by atoms with van der Waals surface area (Å²) in [4.78, 5) is 7.20. The van der Waals surface area contributed by atoms with E-state index in [0.717, 1.165) is 50.5 Å². The Bertz CT molecular complexity index is 721. The first-order valence-electron chi connectivity index (χ1n) is 9.59. The SMILES string of the molecule is CCNC(=NCCc1cccc(O)c1)N1CCC(Cc2ccccc2)C1.I. The fourth-order valence-electron chi connectivity index (χ4n) is 3.57. The molecule has 2 aromatic rings. The van der Waals surface area contributed by atoms with Crippen LogP contribution in [0, 0.1) is 5.92 Å². The Morgan fingerprint density at radius 1 is 1.15 bits per heavy atom. The Labute approximate surface area is 179 Å². The van der Waals surface area contributed by atoms with Gasteiger partial charge in [0.25, 0.3) is 0 Å². The number of likely N-dealkylation sites (tertiary alicyclic amines) is 1. The van der Waals surface area contributed by atoms with Gasteiger partial charge >= 0.3 is 0 Å². The predicted octanol–water partition coefficient (Wildman–Crippen LogP) is 4.08. The third-order valence-corrected chi connectivity index (χ3v) is 4.86. The summed E-state index contributed by atoms with van der Waals surface area (Å²) in [5, 5.41) is 13.0. The van der Waals surface area contributed by atoms with Gasteiger partial charge in [0.05, 0.1) is 0 Å². The second kappa shape index (κ2) is 11.2. The van der Waals surface area contributed by atoms with Gasteiger partial charge in [-0.1, -0.05) is 42.5 Å². The number of hydrogen-bond acceptors (Lipinski definition) is 2. The number of nitrogens with one attached hydrogen (secondary N) is 1. The zero-order valence-corrected chi connectivity index (χ0v) is 18.3. The van der Waals surface area contributed by atoms with Crippen molar-refractivity contribution in [2.45, 2.75) is 26.2 Å². The molecule has 0 aliphatic carbocycles. The van der Waals surface area contributed by atoms with Crippen molar-refractivity contribution < 1.29 is 5.11 Å². The standard InChI is InChI=1S/C22H29N3O.HI/c1-2-23-22(24-13-11-19-9-6-10-21(26)16-19)25-14-12-20(17-25)15-18-7-4-3-5-8-18;/h3-10,16,20,26H,2,11-15,17H2,1H3,(H,23,24);1H. The van der Waals surface area contributed by atoms with E-state index in [1.807, 2.05) is 18.2 Å². The summed E-state index contributed by atoms with van der Waals surface area (Å²) >= 11 is 0. The normalized spacial score (nSPS) is 16.9. The van der Waals surface area contributed by atoms with E-state index >= 15 is 0 Å². The molecule has 1 aliphatic rings. The summed E-state index contributed by atoms with van der Waals surface area (Å²) in [6.07, 6.45) is 3.19. The number of aliphatic imine (C=N–C) groups is 1. The minimum Gasteiger partial charge on any atom is -0.508 e. The largest absolute Gasteiger partial charge is 0.508 e. The van der Waals surface area contributed by atoms with Crippen LogP contribution in [-0.4, -0.2) is 42.1 Å². The third-order valence-electron chi connectivity index (χ3n) is 4.86. The first-order chi connectivity index (χ1) is 12.7. The molecule has 1 atom stereocenters. The molecular weight excluding hydrogens is 449 g/mol. The van der Waals surface area contributed by atoms with Gasteiger partial charge in [-0.05, 0) is 55.4 Å². The number of benzene rings is 2. The van der Waals surface area contributed by atoms with Crippen LogP contribution in [0.25, 0.3) is 0 Å². The van der Waals surface area contributed by atoms with Crippen LogP contribution >= 0.6 is 24.0 Å². The van der Waals surface area contributed by atoms with Crippen molar-refractivity contribution in [1.82, 2.24) is 10.2 Å². The van der Waals surface area contributed by atoms with Crippen molar-refractivity contribution in [2.75, 3.05) is 26.2 Å². The van der Waals surface area contributed by atoms with E-state index in [4.69, 9.17) is 4.99 Å². The van der Waals surface area contributed by atoms with Crippen molar-refractivity contribution in [3.63, 3.8) is 0 Å². The lowest BCUT2D eigenvalue weighted by Crippen LogP contribution is -2.40. The van der Waals surface area contributed by atoms with Crippen LogP contribution in [0.3, 0.4) is 0 Å². The van der Waals surface area contributed by atoms with Crippen molar-refractivity contribution in [3.05, 3.63) is 65.7 Å². The predicted molar refractivity (Wildman–Crippen MR) is 123 cm³/mol. The van der Waals surface area contributed by atoms with Gasteiger partial charge in [-0.15, -0.1) is 24.0 Å². The van der Waals surface area contributed by atoms with Gasteiger partial charge in [-0.2, -0.15) is 0 Å². The van der Waals surface area contributed by atoms with Gasteiger partial charge in [-0.25, -0.2) is 0 Å². The van der Waals surface area contributed by atoms with Crippen LogP contribution in [0.15, 0.2) is 59.6 Å². The lowest BCUT2D eigenvalue weighted by Gasteiger charge is -2.21. The van der Waals surface area contributed by atoms with Gasteiger partial charge in [0, 0.05) is 26.2 Å². The molecule has 1 fully saturated rings. The Morgan fingerprint density at radius 3 is 2.67 bits per heavy atom. The van der Waals surface area contributed by atoms with E-state index in [1.54, 1.807) is 6.07 Å². The lowest BCUT2D eigenvalue weighted by atomic mass is 9.99. The first kappa shape index (κ1) is 21.5. The molecule has 1 saturated heterocycles. The number of rotatable bonds is 6. The van der Waals surface area contributed by atoms with Crippen molar-refractivity contribution in [1.29, 1.82) is 0 Å². The Kier molecular flexibility index (Phi) is 8.91. The minimum absolute atomic E-state index is 0. The maximum absolute atomic E-state index is 9.57. The van der Waals surface area contributed by atoms with Crippen LogP contribution in [-0.2, 0) is 12.8 Å². The summed E-state index contributed by atoms with van der Waals surface area (Å²) in [6.45, 7) is 5.85. The highest BCUT2D eigenvalue weighted by Crippen LogP contribution is 2.21. The molecule has 4 nitrogen and oxygen atoms in total. The van der Waals surface area contributed by atoms with Gasteiger partial charge in [0.15, 0.2) is 5.96 Å². The smallest absolute Gasteiger partial charge is 0.193 e. The lowest BCUT2D eigenvalue weighted by molar-refractivity contribution is 0.460. The summed E-state index contributed by atoms with van der Waals surface area (Å²) < 4.78 is 0. The van der Waals surface area contributed by atoms with Crippen molar-refractivity contribution >= 4 is 29.9 Å². The summed E-state index contributed by atoms with van der Waals surface area (Å²) in [7, 11) is 0. The van der Waals surface area contributed by atoms with Gasteiger partial charge in [0.1, 0.15) is 5.75 Å². The Balaban J connectivity index is 0.00000261. The van der Waals surface area contributed by atoms with E-state index in [-0.39, 0.29) is 24.0 Å². The van der Waals surface area contributed by atoms with E-state index in [0.29, 0.717) is 11.7 Å². The van der Waals surface area contributed by atoms with E-state index in [2.05, 4.69) is 47.5 Å². The summed E-state index contributed by atoms with van der Waals surface area (Å²) in [5.74, 6) is 2.03. The molecule has 0 aromatic heterocycles. The molecule has 2 aromatic carbocycles. The fraction of sp³-hybridized carbons (Fsp3) is 0.409. The molecule has 5 heteroatoms. The average Bonchev–Trinajstić information content (AvgIpc) is 3.10. The summed E-state index contributed by atoms with van der Waals surface area (Å²) in [6, 6.07) is 18.2.